The van der Waals surface area contributed by atoms with Crippen LogP contribution in [0.2, 0.25) is 0 Å². The van der Waals surface area contributed by atoms with Crippen molar-refractivity contribution in [1.82, 2.24) is 0 Å². The Labute approximate surface area is 59.3 Å². The third-order valence-corrected chi connectivity index (χ3v) is 1.49. The van der Waals surface area contributed by atoms with Crippen LogP contribution in [0.4, 0.5) is 0 Å². The Morgan fingerprint density at radius 2 is 2.50 bits per heavy atom. The average Bonchev–Trinajstić information content (AvgIpc) is 2.34. The van der Waals surface area contributed by atoms with Crippen molar-refractivity contribution >= 4 is 5.97 Å². The van der Waals surface area contributed by atoms with Crippen LogP contribution < -0.4 is 5.73 Å². The van der Waals surface area contributed by atoms with Gasteiger partial charge in [-0.25, -0.2) is 4.79 Å². The van der Waals surface area contributed by atoms with Crippen molar-refractivity contribution in [3.05, 3.63) is 0 Å². The van der Waals surface area contributed by atoms with E-state index in [-0.39, 0.29) is 12.0 Å². The van der Waals surface area contributed by atoms with Crippen LogP contribution in [0.15, 0.2) is 0 Å². The molecular formula is C6H11NO3. The molecule has 1 rings (SSSR count). The summed E-state index contributed by atoms with van der Waals surface area (Å²) in [4.78, 5) is 10.8. The van der Waals surface area contributed by atoms with E-state index in [9.17, 15) is 4.79 Å². The number of esters is 1. The van der Waals surface area contributed by atoms with E-state index < -0.39 is 6.10 Å². The average molecular weight is 145 g/mol. The van der Waals surface area contributed by atoms with Gasteiger partial charge in [0.1, 0.15) is 0 Å². The summed E-state index contributed by atoms with van der Waals surface area (Å²) < 4.78 is 9.48. The summed E-state index contributed by atoms with van der Waals surface area (Å²) in [6, 6.07) is -0.0101. The van der Waals surface area contributed by atoms with Crippen molar-refractivity contribution in [2.45, 2.75) is 18.6 Å². The first-order chi connectivity index (χ1) is 4.74. The van der Waals surface area contributed by atoms with Gasteiger partial charge in [0.2, 0.25) is 0 Å². The molecule has 1 aliphatic rings. The number of rotatable bonds is 1. The third kappa shape index (κ3) is 1.46. The minimum atomic E-state index is -0.431. The molecule has 0 amide bonds. The van der Waals surface area contributed by atoms with Crippen molar-refractivity contribution in [2.75, 3.05) is 13.7 Å². The number of carbonyl (C=O) groups excluding carboxylic acids is 1. The van der Waals surface area contributed by atoms with Crippen LogP contribution in [0, 0.1) is 0 Å². The molecule has 0 spiro atoms. The number of nitrogens with two attached hydrogens (primary N) is 1. The first-order valence-corrected chi connectivity index (χ1v) is 3.19. The van der Waals surface area contributed by atoms with Gasteiger partial charge in [-0.3, -0.25) is 0 Å². The molecule has 0 radical (unpaired) electrons. The molecule has 0 aromatic heterocycles. The van der Waals surface area contributed by atoms with E-state index in [1.807, 2.05) is 0 Å². The normalized spacial score (nSPS) is 32.2. The standard InChI is InChI=1S/C6H11NO3/c1-9-6(8)5-2-4(7)3-10-5/h4-5H,2-3,7H2,1H3/t4?,5-/m1/s1. The van der Waals surface area contributed by atoms with Crippen molar-refractivity contribution < 1.29 is 14.3 Å². The van der Waals surface area contributed by atoms with E-state index in [1.165, 1.54) is 7.11 Å². The lowest BCUT2D eigenvalue weighted by Gasteiger charge is -2.04. The number of hydrogen-bond donors (Lipinski definition) is 1. The molecule has 0 bridgehead atoms. The minimum absolute atomic E-state index is 0.0101. The molecule has 2 N–H and O–H groups in total. The zero-order chi connectivity index (χ0) is 7.56. The topological polar surface area (TPSA) is 61.5 Å². The monoisotopic (exact) mass is 145 g/mol. The maximum absolute atomic E-state index is 10.8. The fourth-order valence-electron chi connectivity index (χ4n) is 0.947. The minimum Gasteiger partial charge on any atom is -0.467 e. The second-order valence-electron chi connectivity index (χ2n) is 2.34. The zero-order valence-corrected chi connectivity index (χ0v) is 5.87. The van der Waals surface area contributed by atoms with Gasteiger partial charge in [-0.05, 0) is 0 Å². The molecule has 0 aromatic carbocycles. The van der Waals surface area contributed by atoms with Gasteiger partial charge in [0, 0.05) is 12.5 Å². The molecule has 1 unspecified atom stereocenters. The highest BCUT2D eigenvalue weighted by Crippen LogP contribution is 2.11. The van der Waals surface area contributed by atoms with Crippen LogP contribution in [-0.2, 0) is 14.3 Å². The summed E-state index contributed by atoms with van der Waals surface area (Å²) in [5.74, 6) is -0.326. The fraction of sp³-hybridized carbons (Fsp3) is 0.833. The second kappa shape index (κ2) is 2.98. The largest absolute Gasteiger partial charge is 0.467 e. The van der Waals surface area contributed by atoms with Crippen LogP contribution in [0.25, 0.3) is 0 Å². The highest BCUT2D eigenvalue weighted by Gasteiger charge is 2.29. The first kappa shape index (κ1) is 7.50. The molecule has 58 valence electrons. The van der Waals surface area contributed by atoms with E-state index in [0.717, 1.165) is 0 Å². The molecule has 1 saturated heterocycles. The molecule has 1 aliphatic heterocycles. The molecule has 0 saturated carbocycles. The quantitative estimate of drug-likeness (QED) is 0.494. The molecule has 1 heterocycles. The summed E-state index contributed by atoms with van der Waals surface area (Å²) in [5, 5.41) is 0. The number of carbonyl (C=O) groups is 1. The SMILES string of the molecule is COC(=O)[C@H]1CC(N)CO1. The molecule has 0 aliphatic carbocycles. The Morgan fingerprint density at radius 3 is 2.90 bits per heavy atom. The zero-order valence-electron chi connectivity index (χ0n) is 5.87. The van der Waals surface area contributed by atoms with Gasteiger partial charge >= 0.3 is 5.97 Å². The predicted molar refractivity (Wildman–Crippen MR) is 34.3 cm³/mol. The smallest absolute Gasteiger partial charge is 0.335 e. The second-order valence-corrected chi connectivity index (χ2v) is 2.34. The Balaban J connectivity index is 2.37. The molecule has 4 nitrogen and oxygen atoms in total. The maximum Gasteiger partial charge on any atom is 0.335 e. The van der Waals surface area contributed by atoms with Crippen molar-refractivity contribution in [1.29, 1.82) is 0 Å². The van der Waals surface area contributed by atoms with E-state index >= 15 is 0 Å². The Bertz CT molecular complexity index is 137. The summed E-state index contributed by atoms with van der Waals surface area (Å²) in [7, 11) is 1.34. The number of ether oxygens (including phenoxy) is 2. The molecule has 1 fully saturated rings. The highest BCUT2D eigenvalue weighted by atomic mass is 16.6. The van der Waals surface area contributed by atoms with Gasteiger partial charge < -0.3 is 15.2 Å². The Morgan fingerprint density at radius 1 is 1.80 bits per heavy atom. The highest BCUT2D eigenvalue weighted by molar-refractivity contribution is 5.74. The molecule has 0 aromatic rings. The van der Waals surface area contributed by atoms with Crippen molar-refractivity contribution in [3.8, 4) is 0 Å². The van der Waals surface area contributed by atoms with Crippen LogP contribution >= 0.6 is 0 Å². The lowest BCUT2D eigenvalue weighted by molar-refractivity contribution is -0.151. The molecule has 2 atom stereocenters. The lowest BCUT2D eigenvalue weighted by atomic mass is 10.2. The summed E-state index contributed by atoms with van der Waals surface area (Å²) in [6.45, 7) is 0.458. The summed E-state index contributed by atoms with van der Waals surface area (Å²) in [5.41, 5.74) is 5.48. The van der Waals surface area contributed by atoms with Crippen LogP contribution in [0.5, 0.6) is 0 Å². The number of methoxy groups -OCH3 is 1. The fourth-order valence-corrected chi connectivity index (χ4v) is 0.947. The molecular weight excluding hydrogens is 134 g/mol. The van der Waals surface area contributed by atoms with Gasteiger partial charge in [-0.1, -0.05) is 0 Å². The summed E-state index contributed by atoms with van der Waals surface area (Å²) >= 11 is 0. The lowest BCUT2D eigenvalue weighted by Crippen LogP contribution is -2.23. The van der Waals surface area contributed by atoms with Gasteiger partial charge in [0.15, 0.2) is 6.10 Å². The van der Waals surface area contributed by atoms with Crippen LogP contribution in [-0.4, -0.2) is 31.8 Å². The van der Waals surface area contributed by atoms with E-state index in [2.05, 4.69) is 4.74 Å². The predicted octanol–water partition coefficient (Wildman–Crippen LogP) is -0.724. The Kier molecular flexibility index (Phi) is 2.24. The van der Waals surface area contributed by atoms with E-state index in [4.69, 9.17) is 10.5 Å². The van der Waals surface area contributed by atoms with E-state index in [1.54, 1.807) is 0 Å². The first-order valence-electron chi connectivity index (χ1n) is 3.19. The maximum atomic E-state index is 10.8. The van der Waals surface area contributed by atoms with Crippen LogP contribution in [0.3, 0.4) is 0 Å². The van der Waals surface area contributed by atoms with Gasteiger partial charge in [-0.15, -0.1) is 0 Å². The third-order valence-electron chi connectivity index (χ3n) is 1.49. The molecule has 10 heavy (non-hydrogen) atoms. The van der Waals surface area contributed by atoms with Gasteiger partial charge in [-0.2, -0.15) is 0 Å². The number of hydrogen-bond acceptors (Lipinski definition) is 4. The van der Waals surface area contributed by atoms with Gasteiger partial charge in [0.25, 0.3) is 0 Å². The summed E-state index contributed by atoms with van der Waals surface area (Å²) in [6.07, 6.45) is 0.146. The molecule has 4 heteroatoms. The van der Waals surface area contributed by atoms with Crippen molar-refractivity contribution in [2.24, 2.45) is 5.73 Å². The Hall–Kier alpha value is -0.610. The van der Waals surface area contributed by atoms with Crippen LogP contribution in [0.1, 0.15) is 6.42 Å². The van der Waals surface area contributed by atoms with Crippen molar-refractivity contribution in [3.63, 3.8) is 0 Å². The van der Waals surface area contributed by atoms with Gasteiger partial charge in [0.05, 0.1) is 13.7 Å². The van der Waals surface area contributed by atoms with E-state index in [0.29, 0.717) is 13.0 Å².